The van der Waals surface area contributed by atoms with E-state index >= 15 is 0 Å². The summed E-state index contributed by atoms with van der Waals surface area (Å²) in [5.74, 6) is 0. The van der Waals surface area contributed by atoms with E-state index in [2.05, 4.69) is 50.2 Å². The lowest BCUT2D eigenvalue weighted by Gasteiger charge is -2.03. The third-order valence-corrected chi connectivity index (χ3v) is 1.33. The summed E-state index contributed by atoms with van der Waals surface area (Å²) in [5.41, 5.74) is 0. The molecule has 4 nitrogen and oxygen atoms in total. The number of terminal acetylenes is 2. The standard InChI is InChI=1S/C8H20N2.C2H6.2C2H2.2CH4O/c1-3-5-9-7-8-10-6-4-2;5*1-2/h9-10H,3-8H2,1-2H3;1-2H3;2*1-2H;2*2H,1H3. The summed E-state index contributed by atoms with van der Waals surface area (Å²) in [5, 5.41) is 20.7. The number of hydrogen-bond donors (Lipinski definition) is 4. The Hall–Kier alpha value is -1.04. The summed E-state index contributed by atoms with van der Waals surface area (Å²) >= 11 is 0. The van der Waals surface area contributed by atoms with Gasteiger partial charge in [-0.3, -0.25) is 0 Å². The molecule has 0 aromatic carbocycles. The molecule has 124 valence electrons. The van der Waals surface area contributed by atoms with Crippen LogP contribution in [0.5, 0.6) is 0 Å². The zero-order valence-corrected chi connectivity index (χ0v) is 14.4. The summed E-state index contributed by atoms with van der Waals surface area (Å²) in [7, 11) is 2.00. The van der Waals surface area contributed by atoms with Gasteiger partial charge in [0.25, 0.3) is 0 Å². The van der Waals surface area contributed by atoms with Gasteiger partial charge in [0.05, 0.1) is 0 Å². The first-order chi connectivity index (χ1) is 9.91. The fraction of sp³-hybridized carbons (Fsp3) is 0.750. The van der Waals surface area contributed by atoms with E-state index < -0.39 is 0 Å². The third kappa shape index (κ3) is 122. The Balaban J connectivity index is -0.0000000412. The molecular weight excluding hydrogens is 252 g/mol. The maximum atomic E-state index is 7.00. The minimum atomic E-state index is 1.00. The molecule has 0 radical (unpaired) electrons. The highest BCUT2D eigenvalue weighted by atomic mass is 16.2. The van der Waals surface area contributed by atoms with E-state index in [1.54, 1.807) is 0 Å². The Bertz CT molecular complexity index is 102. The third-order valence-electron chi connectivity index (χ3n) is 1.33. The van der Waals surface area contributed by atoms with E-state index in [9.17, 15) is 0 Å². The zero-order chi connectivity index (χ0) is 17.7. The van der Waals surface area contributed by atoms with Crippen LogP contribution in [0, 0.1) is 25.7 Å². The van der Waals surface area contributed by atoms with Crippen LogP contribution < -0.4 is 10.6 Å². The lowest BCUT2D eigenvalue weighted by Crippen LogP contribution is -2.28. The predicted molar refractivity (Wildman–Crippen MR) is 93.7 cm³/mol. The number of hydrogen-bond acceptors (Lipinski definition) is 4. The molecule has 0 aliphatic rings. The molecule has 0 bridgehead atoms. The number of aliphatic hydroxyl groups excluding tert-OH is 2. The second kappa shape index (κ2) is 107. The Kier molecular flexibility index (Phi) is 194. The van der Waals surface area contributed by atoms with Crippen molar-refractivity contribution in [1.82, 2.24) is 10.6 Å². The van der Waals surface area contributed by atoms with Gasteiger partial charge in [0.15, 0.2) is 0 Å². The SMILES string of the molecule is C#C.C#C.CC.CCCNCCNCCC.CO.CO. The first-order valence-corrected chi connectivity index (χ1v) is 6.89. The maximum Gasteiger partial charge on any atom is 0.0319 e. The Morgan fingerprint density at radius 1 is 0.600 bits per heavy atom. The van der Waals surface area contributed by atoms with E-state index in [0.717, 1.165) is 40.4 Å². The second-order valence-electron chi connectivity index (χ2n) is 2.50. The van der Waals surface area contributed by atoms with Gasteiger partial charge in [-0.15, -0.1) is 25.7 Å². The molecule has 0 atom stereocenters. The predicted octanol–water partition coefficient (Wildman–Crippen LogP) is 1.73. The number of nitrogens with one attached hydrogen (secondary N) is 2. The molecule has 0 saturated heterocycles. The van der Waals surface area contributed by atoms with Crippen molar-refractivity contribution in [3.8, 4) is 25.7 Å². The Morgan fingerprint density at radius 3 is 0.950 bits per heavy atom. The molecule has 0 aliphatic carbocycles. The fourth-order valence-corrected chi connectivity index (χ4v) is 0.780. The average molecular weight is 290 g/mol. The molecule has 0 amide bonds. The highest BCUT2D eigenvalue weighted by molar-refractivity contribution is 4.49. The first kappa shape index (κ1) is 36.4. The van der Waals surface area contributed by atoms with Crippen LogP contribution in [-0.2, 0) is 0 Å². The van der Waals surface area contributed by atoms with Crippen LogP contribution in [0.15, 0.2) is 0 Å². The molecule has 0 heterocycles. The van der Waals surface area contributed by atoms with Crippen LogP contribution in [0.1, 0.15) is 40.5 Å². The molecule has 0 aliphatic heterocycles. The van der Waals surface area contributed by atoms with Crippen molar-refractivity contribution < 1.29 is 10.2 Å². The van der Waals surface area contributed by atoms with E-state index in [1.807, 2.05) is 13.8 Å². The van der Waals surface area contributed by atoms with E-state index in [4.69, 9.17) is 10.2 Å². The van der Waals surface area contributed by atoms with Crippen LogP contribution in [0.4, 0.5) is 0 Å². The zero-order valence-electron chi connectivity index (χ0n) is 14.4. The summed E-state index contributed by atoms with van der Waals surface area (Å²) < 4.78 is 0. The Morgan fingerprint density at radius 2 is 0.800 bits per heavy atom. The molecule has 20 heavy (non-hydrogen) atoms. The first-order valence-electron chi connectivity index (χ1n) is 6.89. The van der Waals surface area contributed by atoms with Gasteiger partial charge in [-0.1, -0.05) is 27.7 Å². The van der Waals surface area contributed by atoms with Gasteiger partial charge < -0.3 is 20.8 Å². The molecule has 0 aromatic rings. The van der Waals surface area contributed by atoms with Crippen LogP contribution in [-0.4, -0.2) is 50.6 Å². The van der Waals surface area contributed by atoms with Gasteiger partial charge in [0, 0.05) is 27.3 Å². The van der Waals surface area contributed by atoms with Crippen LogP contribution >= 0.6 is 0 Å². The van der Waals surface area contributed by atoms with Gasteiger partial charge in [-0.25, -0.2) is 0 Å². The van der Waals surface area contributed by atoms with Gasteiger partial charge in [0.2, 0.25) is 0 Å². The monoisotopic (exact) mass is 290 g/mol. The topological polar surface area (TPSA) is 64.5 Å². The Labute approximate surface area is 128 Å². The van der Waals surface area contributed by atoms with E-state index in [-0.39, 0.29) is 0 Å². The smallest absolute Gasteiger partial charge is 0.0319 e. The van der Waals surface area contributed by atoms with Crippen molar-refractivity contribution >= 4 is 0 Å². The van der Waals surface area contributed by atoms with Gasteiger partial charge >= 0.3 is 0 Å². The van der Waals surface area contributed by atoms with Crippen molar-refractivity contribution in [2.45, 2.75) is 40.5 Å². The van der Waals surface area contributed by atoms with Crippen molar-refractivity contribution in [3.63, 3.8) is 0 Å². The molecule has 0 fully saturated rings. The number of aliphatic hydroxyl groups is 2. The van der Waals surface area contributed by atoms with Crippen LogP contribution in [0.25, 0.3) is 0 Å². The molecule has 0 saturated carbocycles. The summed E-state index contributed by atoms with van der Waals surface area (Å²) in [6.07, 6.45) is 18.5. The number of rotatable bonds is 7. The second-order valence-corrected chi connectivity index (χ2v) is 2.50. The largest absolute Gasteiger partial charge is 0.400 e. The quantitative estimate of drug-likeness (QED) is 0.426. The van der Waals surface area contributed by atoms with Crippen molar-refractivity contribution in [1.29, 1.82) is 0 Å². The summed E-state index contributed by atoms with van der Waals surface area (Å²) in [4.78, 5) is 0. The minimum absolute atomic E-state index is 1.00. The average Bonchev–Trinajstić information content (AvgIpc) is 2.60. The van der Waals surface area contributed by atoms with Crippen molar-refractivity contribution in [2.75, 3.05) is 40.4 Å². The molecule has 0 unspecified atom stereocenters. The van der Waals surface area contributed by atoms with Gasteiger partial charge in [0.1, 0.15) is 0 Å². The van der Waals surface area contributed by atoms with Crippen molar-refractivity contribution in [3.05, 3.63) is 0 Å². The summed E-state index contributed by atoms with van der Waals surface area (Å²) in [6.45, 7) is 12.9. The minimum Gasteiger partial charge on any atom is -0.400 e. The lowest BCUT2D eigenvalue weighted by molar-refractivity contribution is 0.399. The lowest BCUT2D eigenvalue weighted by atomic mass is 10.4. The fourth-order valence-electron chi connectivity index (χ4n) is 0.780. The molecule has 4 heteroatoms. The van der Waals surface area contributed by atoms with Crippen LogP contribution in [0.3, 0.4) is 0 Å². The normalized spacial score (nSPS) is 6.20. The maximum absolute atomic E-state index is 7.00. The molecule has 0 spiro atoms. The van der Waals surface area contributed by atoms with Gasteiger partial charge in [-0.05, 0) is 25.9 Å². The molecular formula is C16H38N2O2. The highest BCUT2D eigenvalue weighted by Gasteiger charge is 1.83. The molecule has 4 N–H and O–H groups in total. The van der Waals surface area contributed by atoms with Crippen LogP contribution in [0.2, 0.25) is 0 Å². The highest BCUT2D eigenvalue weighted by Crippen LogP contribution is 1.70. The molecule has 0 aromatic heterocycles. The molecule has 0 rings (SSSR count). The van der Waals surface area contributed by atoms with Crippen molar-refractivity contribution in [2.24, 2.45) is 0 Å². The van der Waals surface area contributed by atoms with E-state index in [1.165, 1.54) is 12.8 Å². The van der Waals surface area contributed by atoms with E-state index in [0.29, 0.717) is 0 Å². The summed E-state index contributed by atoms with van der Waals surface area (Å²) in [6, 6.07) is 0. The van der Waals surface area contributed by atoms with Gasteiger partial charge in [-0.2, -0.15) is 0 Å².